The first-order valence-corrected chi connectivity index (χ1v) is 9.94. The van der Waals surface area contributed by atoms with Crippen LogP contribution in [0.25, 0.3) is 11.0 Å². The molecule has 0 fully saturated rings. The van der Waals surface area contributed by atoms with Crippen LogP contribution in [0, 0.1) is 0 Å². The van der Waals surface area contributed by atoms with Crippen molar-refractivity contribution in [2.45, 2.75) is 4.90 Å². The van der Waals surface area contributed by atoms with Gasteiger partial charge in [-0.1, -0.05) is 36.4 Å². The van der Waals surface area contributed by atoms with Crippen molar-refractivity contribution in [2.24, 2.45) is 0 Å². The molecule has 0 saturated carbocycles. The lowest BCUT2D eigenvalue weighted by Crippen LogP contribution is -2.15. The molecule has 4 rings (SSSR count). The van der Waals surface area contributed by atoms with E-state index in [0.717, 1.165) is 11.0 Å². The average molecular weight is 392 g/mol. The number of fused-ring (bicyclic) bond motifs is 1. The zero-order valence-corrected chi connectivity index (χ0v) is 15.4. The van der Waals surface area contributed by atoms with Crippen LogP contribution in [0.5, 0.6) is 0 Å². The van der Waals surface area contributed by atoms with Crippen LogP contribution in [0.3, 0.4) is 0 Å². The standard InChI is InChI=1S/C20H16N4O3S/c25-19(23-20-21-17-11-4-5-12-18(17)22-20)14-7-6-8-15(13-14)24-28(26,27)16-9-2-1-3-10-16/h1-13,24H,(H2,21,22,23,25). The van der Waals surface area contributed by atoms with E-state index >= 15 is 0 Å². The topological polar surface area (TPSA) is 104 Å². The lowest BCUT2D eigenvalue weighted by atomic mass is 10.2. The van der Waals surface area contributed by atoms with Crippen molar-refractivity contribution in [1.29, 1.82) is 0 Å². The molecule has 0 bridgehead atoms. The minimum absolute atomic E-state index is 0.145. The quantitative estimate of drug-likeness (QED) is 0.482. The summed E-state index contributed by atoms with van der Waals surface area (Å²) in [5.41, 5.74) is 2.14. The Bertz CT molecular complexity index is 1220. The molecular formula is C20H16N4O3S. The van der Waals surface area contributed by atoms with Gasteiger partial charge >= 0.3 is 0 Å². The van der Waals surface area contributed by atoms with Crippen molar-refractivity contribution in [3.05, 3.63) is 84.4 Å². The number of aromatic nitrogens is 2. The van der Waals surface area contributed by atoms with Crippen LogP contribution >= 0.6 is 0 Å². The molecule has 0 aliphatic heterocycles. The van der Waals surface area contributed by atoms with Crippen LogP contribution in [-0.4, -0.2) is 24.3 Å². The maximum Gasteiger partial charge on any atom is 0.261 e. The highest BCUT2D eigenvalue weighted by Gasteiger charge is 2.15. The smallest absolute Gasteiger partial charge is 0.261 e. The summed E-state index contributed by atoms with van der Waals surface area (Å²) in [6.07, 6.45) is 0. The Morgan fingerprint density at radius 3 is 2.43 bits per heavy atom. The maximum absolute atomic E-state index is 12.5. The summed E-state index contributed by atoms with van der Waals surface area (Å²) < 4.78 is 27.4. The Hall–Kier alpha value is -3.65. The van der Waals surface area contributed by atoms with E-state index in [1.807, 2.05) is 24.3 Å². The third kappa shape index (κ3) is 3.72. The molecule has 0 atom stereocenters. The SMILES string of the molecule is O=C(Nc1nc2ccccc2[nH]1)c1cccc(NS(=O)(=O)c2ccccc2)c1. The number of carbonyl (C=O) groups is 1. The van der Waals surface area contributed by atoms with Crippen LogP contribution in [0.15, 0.2) is 83.8 Å². The number of sulfonamides is 1. The van der Waals surface area contributed by atoms with Gasteiger partial charge in [0.15, 0.2) is 0 Å². The molecule has 0 spiro atoms. The highest BCUT2D eigenvalue weighted by atomic mass is 32.2. The van der Waals surface area contributed by atoms with E-state index in [9.17, 15) is 13.2 Å². The van der Waals surface area contributed by atoms with E-state index in [1.165, 1.54) is 18.2 Å². The van der Waals surface area contributed by atoms with Crippen LogP contribution in [0.1, 0.15) is 10.4 Å². The summed E-state index contributed by atoms with van der Waals surface area (Å²) in [5, 5.41) is 2.69. The number of benzene rings is 3. The van der Waals surface area contributed by atoms with E-state index in [1.54, 1.807) is 36.4 Å². The van der Waals surface area contributed by atoms with Crippen molar-refractivity contribution in [1.82, 2.24) is 9.97 Å². The average Bonchev–Trinajstić information content (AvgIpc) is 3.11. The van der Waals surface area contributed by atoms with Gasteiger partial charge in [0.1, 0.15) is 0 Å². The molecule has 3 aromatic carbocycles. The molecule has 0 unspecified atom stereocenters. The van der Waals surface area contributed by atoms with Crippen molar-refractivity contribution in [2.75, 3.05) is 10.0 Å². The number of carbonyl (C=O) groups excluding carboxylic acids is 1. The van der Waals surface area contributed by atoms with Gasteiger partial charge in [0.2, 0.25) is 5.95 Å². The predicted molar refractivity (Wildman–Crippen MR) is 108 cm³/mol. The third-order valence-corrected chi connectivity index (χ3v) is 5.45. The van der Waals surface area contributed by atoms with Gasteiger partial charge in [0.25, 0.3) is 15.9 Å². The number of hydrogen-bond donors (Lipinski definition) is 3. The number of imidazole rings is 1. The number of aromatic amines is 1. The fourth-order valence-corrected chi connectivity index (χ4v) is 3.80. The number of rotatable bonds is 5. The second-order valence-corrected chi connectivity index (χ2v) is 7.74. The highest BCUT2D eigenvalue weighted by Crippen LogP contribution is 2.18. The summed E-state index contributed by atoms with van der Waals surface area (Å²) in [6, 6.07) is 21.7. The van der Waals surface area contributed by atoms with Gasteiger partial charge in [-0.3, -0.25) is 14.8 Å². The van der Waals surface area contributed by atoms with E-state index in [4.69, 9.17) is 0 Å². The lowest BCUT2D eigenvalue weighted by Gasteiger charge is -2.09. The van der Waals surface area contributed by atoms with Gasteiger partial charge in [0, 0.05) is 11.3 Å². The highest BCUT2D eigenvalue weighted by molar-refractivity contribution is 7.92. The van der Waals surface area contributed by atoms with Crippen LogP contribution < -0.4 is 10.0 Å². The molecule has 0 radical (unpaired) electrons. The van der Waals surface area contributed by atoms with Gasteiger partial charge in [-0.25, -0.2) is 13.4 Å². The van der Waals surface area contributed by atoms with E-state index in [2.05, 4.69) is 20.0 Å². The molecule has 0 saturated heterocycles. The molecule has 28 heavy (non-hydrogen) atoms. The minimum Gasteiger partial charge on any atom is -0.324 e. The number of para-hydroxylation sites is 2. The summed E-state index contributed by atoms with van der Waals surface area (Å²) in [7, 11) is -3.73. The molecule has 0 aliphatic carbocycles. The van der Waals surface area contributed by atoms with Crippen LogP contribution in [0.4, 0.5) is 11.6 Å². The molecule has 1 amide bonds. The molecule has 0 aliphatic rings. The van der Waals surface area contributed by atoms with Crippen molar-refractivity contribution < 1.29 is 13.2 Å². The zero-order chi connectivity index (χ0) is 19.6. The maximum atomic E-state index is 12.5. The van der Waals surface area contributed by atoms with E-state index in [0.29, 0.717) is 17.2 Å². The number of nitrogens with zero attached hydrogens (tertiary/aromatic N) is 1. The Kier molecular flexibility index (Phi) is 4.54. The first kappa shape index (κ1) is 17.7. The molecule has 1 aromatic heterocycles. The summed E-state index contributed by atoms with van der Waals surface area (Å²) in [6.45, 7) is 0. The van der Waals surface area contributed by atoms with Gasteiger partial charge in [0.05, 0.1) is 15.9 Å². The van der Waals surface area contributed by atoms with Crippen LogP contribution in [0.2, 0.25) is 0 Å². The van der Waals surface area contributed by atoms with E-state index < -0.39 is 15.9 Å². The third-order valence-electron chi connectivity index (χ3n) is 4.05. The van der Waals surface area contributed by atoms with Gasteiger partial charge in [-0.15, -0.1) is 0 Å². The number of nitrogens with one attached hydrogen (secondary N) is 3. The Labute approximate surface area is 161 Å². The zero-order valence-electron chi connectivity index (χ0n) is 14.6. The van der Waals surface area contributed by atoms with Crippen molar-refractivity contribution in [3.8, 4) is 0 Å². The normalized spacial score (nSPS) is 11.3. The van der Waals surface area contributed by atoms with E-state index in [-0.39, 0.29) is 4.90 Å². The minimum atomic E-state index is -3.73. The molecule has 3 N–H and O–H groups in total. The first-order valence-electron chi connectivity index (χ1n) is 8.45. The predicted octanol–water partition coefficient (Wildman–Crippen LogP) is 3.62. The fourth-order valence-electron chi connectivity index (χ4n) is 2.73. The Morgan fingerprint density at radius 2 is 1.64 bits per heavy atom. The van der Waals surface area contributed by atoms with Crippen molar-refractivity contribution >= 4 is 38.6 Å². The second kappa shape index (κ2) is 7.16. The largest absolute Gasteiger partial charge is 0.324 e. The number of amides is 1. The molecule has 7 nitrogen and oxygen atoms in total. The summed E-state index contributed by atoms with van der Waals surface area (Å²) in [5.74, 6) is -0.0821. The number of hydrogen-bond acceptors (Lipinski definition) is 4. The fraction of sp³-hybridized carbons (Fsp3) is 0. The Morgan fingerprint density at radius 1 is 0.893 bits per heavy atom. The van der Waals surface area contributed by atoms with Gasteiger partial charge in [-0.2, -0.15) is 0 Å². The molecule has 8 heteroatoms. The summed E-state index contributed by atoms with van der Waals surface area (Å²) >= 11 is 0. The number of anilines is 2. The molecule has 1 heterocycles. The second-order valence-electron chi connectivity index (χ2n) is 6.06. The molecular weight excluding hydrogens is 376 g/mol. The molecule has 4 aromatic rings. The Balaban J connectivity index is 1.54. The first-order chi connectivity index (χ1) is 13.5. The summed E-state index contributed by atoms with van der Waals surface area (Å²) in [4.78, 5) is 20.0. The lowest BCUT2D eigenvalue weighted by molar-refractivity contribution is 0.102. The monoisotopic (exact) mass is 392 g/mol. The number of H-pyrrole nitrogens is 1. The van der Waals surface area contributed by atoms with Crippen molar-refractivity contribution in [3.63, 3.8) is 0 Å². The molecule has 140 valence electrons. The van der Waals surface area contributed by atoms with Gasteiger partial charge < -0.3 is 4.98 Å². The van der Waals surface area contributed by atoms with Crippen LogP contribution in [-0.2, 0) is 10.0 Å². The van der Waals surface area contributed by atoms with Gasteiger partial charge in [-0.05, 0) is 42.5 Å².